The van der Waals surface area contributed by atoms with E-state index in [4.69, 9.17) is 0 Å². The van der Waals surface area contributed by atoms with Crippen LogP contribution >= 0.6 is 0 Å². The molecule has 0 bridgehead atoms. The van der Waals surface area contributed by atoms with Crippen LogP contribution in [0.1, 0.15) is 0 Å². The summed E-state index contributed by atoms with van der Waals surface area (Å²) in [7, 11) is 0. The normalized spacial score (nSPS) is 11.7. The summed E-state index contributed by atoms with van der Waals surface area (Å²) in [6.07, 6.45) is 0. The van der Waals surface area contributed by atoms with Crippen molar-refractivity contribution in [2.75, 3.05) is 0 Å². The Balaban J connectivity index is 0.000000106. The van der Waals surface area contributed by atoms with Crippen LogP contribution in [0.25, 0.3) is 231 Å². The zero-order valence-electron chi connectivity index (χ0n) is 71.0. The minimum Gasteiger partial charge on any atom is -0.309 e. The number of fused-ring (bicyclic) bond motifs is 19. The number of benzene rings is 21. The third-order valence-electron chi connectivity index (χ3n) is 26.5. The fraction of sp³-hybridized carbons (Fsp3) is 0. The molecule has 6 heteroatoms. The number of hydrogen-bond acceptors (Lipinski definition) is 0. The Morgan fingerprint density at radius 2 is 0.308 bits per heavy atom. The van der Waals surface area contributed by atoms with Crippen molar-refractivity contribution in [2.45, 2.75) is 0 Å². The highest BCUT2D eigenvalue weighted by Crippen LogP contribution is 2.45. The smallest absolute Gasteiger partial charge is 0.0541 e. The molecule has 0 saturated carbocycles. The number of hydrogen-bond donors (Lipinski definition) is 0. The molecule has 0 aliphatic heterocycles. The van der Waals surface area contributed by atoms with Gasteiger partial charge in [-0.3, -0.25) is 0 Å². The SMILES string of the molecule is c1ccc(-c2cc(-c3ccccc3)cc(-n3c4ccccc4c4cc(-c5ccc6c(c5)c5ccccc5n6-c5ccccc5)ccc43)c2)cc1.c1ccc(-n2c3ccccc3c3cc(-c4ccc5c(c4)c4ccccc4n5-c4cccc5ccccc45)ccc32)cc1.c1ccc(-n2c3ccccc3c3cc(-c4ccc5c(c4)c4ccccc4n5-c4ccccc4)ccc32)cc1. The van der Waals surface area contributed by atoms with Gasteiger partial charge in [-0.2, -0.15) is 0 Å². The lowest BCUT2D eigenvalue weighted by Crippen LogP contribution is -1.96. The molecule has 0 aliphatic carbocycles. The van der Waals surface area contributed by atoms with Crippen LogP contribution in [0.3, 0.4) is 0 Å². The Labute approximate surface area is 751 Å². The lowest BCUT2D eigenvalue weighted by Gasteiger charge is -2.14. The van der Waals surface area contributed by atoms with Crippen LogP contribution in [0, 0.1) is 0 Å². The maximum absolute atomic E-state index is 2.43. The highest BCUT2D eigenvalue weighted by molar-refractivity contribution is 6.17. The van der Waals surface area contributed by atoms with Crippen molar-refractivity contribution < 1.29 is 0 Å². The summed E-state index contributed by atoms with van der Waals surface area (Å²) in [6.45, 7) is 0. The Bertz CT molecular complexity index is 8860. The summed E-state index contributed by atoms with van der Waals surface area (Å²) in [6, 6.07) is 180. The standard InChI is InChI=1S/C48H32N2.C40H26N2.C36H24N2/c1-4-14-33(15-5-1)37-28-38(34-16-6-2-7-17-34)30-40(29-37)50-46-23-13-11-21-42(46)44-32-36(25-27-48(44)50)35-24-26-47-43(31-35)41-20-10-12-22-45(41)49(47)39-18-8-3-9-19-39;1-2-13-30(14-3-1)41-37-18-8-6-16-32(37)34-25-28(21-23-39(34)41)29-22-24-40-35(26-29)33-17-7-9-19-38(33)42(40)36-20-10-12-27-11-4-5-15-31(27)36;1-3-11-27(12-4-1)37-33-17-9-7-15-29(33)31-23-25(19-21-35(31)37)26-20-22-36-32(24-26)30-16-8-10-18-34(30)38(36)28-13-5-2-6-14-28/h1-32H;1-26H;1-24H. The molecule has 27 rings (SSSR count). The summed E-state index contributed by atoms with van der Waals surface area (Å²) in [5.74, 6) is 0. The fourth-order valence-corrected chi connectivity index (χ4v) is 20.6. The Morgan fingerprint density at radius 3 is 0.592 bits per heavy atom. The number of nitrogens with zero attached hydrogens (tertiary/aromatic N) is 6. The van der Waals surface area contributed by atoms with E-state index < -0.39 is 0 Å². The first-order valence-corrected chi connectivity index (χ1v) is 44.7. The average molecular weight is 1660 g/mol. The molecular formula is C124H82N6. The molecule has 0 amide bonds. The number of rotatable bonds is 11. The molecule has 27 aromatic rings. The van der Waals surface area contributed by atoms with Gasteiger partial charge in [-0.15, -0.1) is 0 Å². The Kier molecular flexibility index (Phi) is 18.2. The van der Waals surface area contributed by atoms with Crippen molar-refractivity contribution in [3.8, 4) is 89.8 Å². The van der Waals surface area contributed by atoms with Gasteiger partial charge in [0.05, 0.1) is 71.9 Å². The summed E-state index contributed by atoms with van der Waals surface area (Å²) in [5, 5.41) is 17.7. The van der Waals surface area contributed by atoms with Gasteiger partial charge in [0.25, 0.3) is 0 Å². The summed E-state index contributed by atoms with van der Waals surface area (Å²) in [4.78, 5) is 0. The average Bonchev–Trinajstić information content (AvgIpc) is 1.59. The van der Waals surface area contributed by atoms with Crippen LogP contribution in [0.5, 0.6) is 0 Å². The molecule has 0 unspecified atom stereocenters. The van der Waals surface area contributed by atoms with E-state index in [1.807, 2.05) is 0 Å². The van der Waals surface area contributed by atoms with Crippen molar-refractivity contribution >= 4 is 142 Å². The van der Waals surface area contributed by atoms with E-state index in [0.717, 1.165) is 5.69 Å². The maximum atomic E-state index is 2.43. The maximum Gasteiger partial charge on any atom is 0.0541 e. The van der Waals surface area contributed by atoms with Crippen LogP contribution in [0.4, 0.5) is 0 Å². The lowest BCUT2D eigenvalue weighted by molar-refractivity contribution is 1.18. The fourth-order valence-electron chi connectivity index (χ4n) is 20.6. The molecule has 6 aromatic heterocycles. The van der Waals surface area contributed by atoms with Crippen molar-refractivity contribution in [2.24, 2.45) is 0 Å². The lowest BCUT2D eigenvalue weighted by atomic mass is 9.98. The van der Waals surface area contributed by atoms with Crippen molar-refractivity contribution in [3.63, 3.8) is 0 Å². The van der Waals surface area contributed by atoms with Gasteiger partial charge in [0.1, 0.15) is 0 Å². The quantitative estimate of drug-likeness (QED) is 0.124. The second-order valence-corrected chi connectivity index (χ2v) is 33.8. The zero-order chi connectivity index (χ0) is 85.7. The van der Waals surface area contributed by atoms with E-state index in [-0.39, 0.29) is 0 Å². The molecular weight excluding hydrogens is 1570 g/mol. The van der Waals surface area contributed by atoms with E-state index in [1.165, 1.54) is 226 Å². The largest absolute Gasteiger partial charge is 0.309 e. The Morgan fingerprint density at radius 1 is 0.100 bits per heavy atom. The van der Waals surface area contributed by atoms with Crippen molar-refractivity contribution in [3.05, 3.63) is 497 Å². The van der Waals surface area contributed by atoms with Gasteiger partial charge < -0.3 is 27.4 Å². The van der Waals surface area contributed by atoms with Gasteiger partial charge in [-0.1, -0.05) is 315 Å². The molecule has 0 N–H and O–H groups in total. The predicted molar refractivity (Wildman–Crippen MR) is 550 cm³/mol. The molecule has 130 heavy (non-hydrogen) atoms. The van der Waals surface area contributed by atoms with Crippen LogP contribution in [-0.2, 0) is 0 Å². The highest BCUT2D eigenvalue weighted by Gasteiger charge is 2.23. The molecule has 6 heterocycles. The highest BCUT2D eigenvalue weighted by atomic mass is 15.0. The van der Waals surface area contributed by atoms with Gasteiger partial charge in [-0.05, 0) is 243 Å². The van der Waals surface area contributed by atoms with E-state index in [2.05, 4.69) is 525 Å². The van der Waals surface area contributed by atoms with Crippen molar-refractivity contribution in [1.29, 1.82) is 0 Å². The molecule has 0 radical (unpaired) electrons. The van der Waals surface area contributed by atoms with Crippen LogP contribution in [-0.4, -0.2) is 27.4 Å². The monoisotopic (exact) mass is 1650 g/mol. The summed E-state index contributed by atoms with van der Waals surface area (Å²) < 4.78 is 14.3. The predicted octanol–water partition coefficient (Wildman–Crippen LogP) is 33.1. The van der Waals surface area contributed by atoms with E-state index in [9.17, 15) is 0 Å². The van der Waals surface area contributed by atoms with Gasteiger partial charge in [0.15, 0.2) is 0 Å². The molecule has 21 aromatic carbocycles. The molecule has 0 aliphatic rings. The van der Waals surface area contributed by atoms with Crippen LogP contribution < -0.4 is 0 Å². The van der Waals surface area contributed by atoms with Crippen LogP contribution in [0.15, 0.2) is 497 Å². The Hall–Kier alpha value is -17.3. The topological polar surface area (TPSA) is 29.6 Å². The molecule has 0 spiro atoms. The zero-order valence-corrected chi connectivity index (χ0v) is 71.0. The van der Waals surface area contributed by atoms with Crippen LogP contribution in [0.2, 0.25) is 0 Å². The van der Waals surface area contributed by atoms with Crippen molar-refractivity contribution in [1.82, 2.24) is 27.4 Å². The third-order valence-corrected chi connectivity index (χ3v) is 26.5. The first-order chi connectivity index (χ1) is 64.5. The minimum atomic E-state index is 1.15. The van der Waals surface area contributed by atoms with Gasteiger partial charge in [0.2, 0.25) is 0 Å². The number of para-hydroxylation sites is 10. The van der Waals surface area contributed by atoms with Gasteiger partial charge in [0, 0.05) is 98.5 Å². The molecule has 6 nitrogen and oxygen atoms in total. The molecule has 0 fully saturated rings. The second-order valence-electron chi connectivity index (χ2n) is 33.8. The first kappa shape index (κ1) is 75.2. The molecule has 0 saturated heterocycles. The van der Waals surface area contributed by atoms with E-state index >= 15 is 0 Å². The summed E-state index contributed by atoms with van der Waals surface area (Å²) in [5.41, 5.74) is 33.9. The minimum absolute atomic E-state index is 1.15. The van der Waals surface area contributed by atoms with Gasteiger partial charge in [-0.25, -0.2) is 0 Å². The first-order valence-electron chi connectivity index (χ1n) is 44.7. The molecule has 0 atom stereocenters. The van der Waals surface area contributed by atoms with E-state index in [1.54, 1.807) is 0 Å². The number of aromatic nitrogens is 6. The van der Waals surface area contributed by atoms with E-state index in [0.29, 0.717) is 0 Å². The third kappa shape index (κ3) is 12.7. The second kappa shape index (κ2) is 31.4. The summed E-state index contributed by atoms with van der Waals surface area (Å²) >= 11 is 0. The molecule has 608 valence electrons. The van der Waals surface area contributed by atoms with Gasteiger partial charge >= 0.3 is 0 Å².